The lowest BCUT2D eigenvalue weighted by atomic mass is 10.0. The second kappa shape index (κ2) is 6.38. The zero-order chi connectivity index (χ0) is 14.5. The predicted octanol–water partition coefficient (Wildman–Crippen LogP) is 2.18. The first-order chi connectivity index (χ1) is 9.69. The molecule has 1 aromatic rings. The molecule has 5 nitrogen and oxygen atoms in total. The number of nitrogens with zero attached hydrogens (tertiary/aromatic N) is 3. The van der Waals surface area contributed by atoms with Crippen molar-refractivity contribution in [3.8, 4) is 6.07 Å². The number of rotatable bonds is 3. The molecule has 5 heteroatoms. The molecule has 0 bridgehead atoms. The summed E-state index contributed by atoms with van der Waals surface area (Å²) in [5.74, 6) is 0.379. The molecule has 1 aliphatic rings. The van der Waals surface area contributed by atoms with E-state index in [1.807, 2.05) is 17.9 Å². The van der Waals surface area contributed by atoms with E-state index in [9.17, 15) is 10.1 Å². The summed E-state index contributed by atoms with van der Waals surface area (Å²) in [6, 6.07) is 3.68. The molecule has 0 spiro atoms. The summed E-state index contributed by atoms with van der Waals surface area (Å²) in [6.07, 6.45) is 4.42. The van der Waals surface area contributed by atoms with E-state index >= 15 is 0 Å². The normalized spacial score (nSPS) is 18.4. The standard InChI is InChI=1S/C15H19N3O2/c1-3-20-15(19)13-6-4-5-9-18(13)14-12(10-16)11(2)7-8-17-14/h7-8,13H,3-6,9H2,1-2H3. The molecule has 1 fully saturated rings. The Bertz CT molecular complexity index is 536. The number of carbonyl (C=O) groups is 1. The van der Waals surface area contributed by atoms with Crippen LogP contribution in [0.15, 0.2) is 12.3 Å². The highest BCUT2D eigenvalue weighted by molar-refractivity contribution is 5.80. The van der Waals surface area contributed by atoms with E-state index in [4.69, 9.17) is 4.74 Å². The Morgan fingerprint density at radius 3 is 3.10 bits per heavy atom. The van der Waals surface area contributed by atoms with E-state index in [1.165, 1.54) is 0 Å². The van der Waals surface area contributed by atoms with Gasteiger partial charge in [0.25, 0.3) is 0 Å². The van der Waals surface area contributed by atoms with Crippen LogP contribution in [0.1, 0.15) is 37.3 Å². The number of piperidine rings is 1. The molecule has 106 valence electrons. The van der Waals surface area contributed by atoms with Crippen LogP contribution in [0.3, 0.4) is 0 Å². The average Bonchev–Trinajstić information content (AvgIpc) is 2.47. The maximum absolute atomic E-state index is 12.1. The van der Waals surface area contributed by atoms with Gasteiger partial charge in [-0.2, -0.15) is 5.26 Å². The highest BCUT2D eigenvalue weighted by Crippen LogP contribution is 2.27. The molecule has 0 aromatic carbocycles. The molecule has 1 saturated heterocycles. The Labute approximate surface area is 119 Å². The summed E-state index contributed by atoms with van der Waals surface area (Å²) < 4.78 is 5.15. The lowest BCUT2D eigenvalue weighted by molar-refractivity contribution is -0.145. The van der Waals surface area contributed by atoms with E-state index in [-0.39, 0.29) is 12.0 Å². The van der Waals surface area contributed by atoms with Gasteiger partial charge in [0, 0.05) is 12.7 Å². The number of nitriles is 1. The number of esters is 1. The van der Waals surface area contributed by atoms with Crippen molar-refractivity contribution >= 4 is 11.8 Å². The van der Waals surface area contributed by atoms with Crippen LogP contribution in [0.5, 0.6) is 0 Å². The van der Waals surface area contributed by atoms with Gasteiger partial charge < -0.3 is 9.64 Å². The minimum Gasteiger partial charge on any atom is -0.464 e. The number of aryl methyl sites for hydroxylation is 1. The Balaban J connectivity index is 2.36. The van der Waals surface area contributed by atoms with Gasteiger partial charge in [0.05, 0.1) is 12.2 Å². The molecular formula is C15H19N3O2. The van der Waals surface area contributed by atoms with Crippen LogP contribution in [0.2, 0.25) is 0 Å². The van der Waals surface area contributed by atoms with Crippen molar-refractivity contribution in [3.63, 3.8) is 0 Å². The second-order valence-corrected chi connectivity index (χ2v) is 4.90. The van der Waals surface area contributed by atoms with Crippen molar-refractivity contribution in [2.45, 2.75) is 39.2 Å². The molecular weight excluding hydrogens is 254 g/mol. The fraction of sp³-hybridized carbons (Fsp3) is 0.533. The number of hydrogen-bond acceptors (Lipinski definition) is 5. The van der Waals surface area contributed by atoms with E-state index in [0.29, 0.717) is 18.0 Å². The van der Waals surface area contributed by atoms with Gasteiger partial charge >= 0.3 is 5.97 Å². The highest BCUT2D eigenvalue weighted by atomic mass is 16.5. The smallest absolute Gasteiger partial charge is 0.328 e. The number of aromatic nitrogens is 1. The summed E-state index contributed by atoms with van der Waals surface area (Å²) in [4.78, 5) is 18.3. The molecule has 1 aliphatic heterocycles. The van der Waals surface area contributed by atoms with Gasteiger partial charge in [-0.1, -0.05) is 0 Å². The van der Waals surface area contributed by atoms with Crippen molar-refractivity contribution in [2.24, 2.45) is 0 Å². The molecule has 2 rings (SSSR count). The minimum absolute atomic E-state index is 0.223. The van der Waals surface area contributed by atoms with Crippen molar-refractivity contribution in [2.75, 3.05) is 18.1 Å². The van der Waals surface area contributed by atoms with E-state index < -0.39 is 0 Å². The van der Waals surface area contributed by atoms with Crippen molar-refractivity contribution in [3.05, 3.63) is 23.4 Å². The predicted molar refractivity (Wildman–Crippen MR) is 75.3 cm³/mol. The van der Waals surface area contributed by atoms with Crippen molar-refractivity contribution in [1.29, 1.82) is 5.26 Å². The molecule has 1 atom stereocenters. The summed E-state index contributed by atoms with van der Waals surface area (Å²) in [5, 5.41) is 9.33. The van der Waals surface area contributed by atoms with Gasteiger partial charge in [-0.05, 0) is 44.7 Å². The van der Waals surface area contributed by atoms with Gasteiger partial charge in [-0.15, -0.1) is 0 Å². The Morgan fingerprint density at radius 2 is 2.40 bits per heavy atom. The average molecular weight is 273 g/mol. The zero-order valence-corrected chi connectivity index (χ0v) is 11.9. The highest BCUT2D eigenvalue weighted by Gasteiger charge is 2.32. The first-order valence-electron chi connectivity index (χ1n) is 6.98. The molecule has 20 heavy (non-hydrogen) atoms. The number of hydrogen-bond donors (Lipinski definition) is 0. The maximum atomic E-state index is 12.1. The van der Waals surface area contributed by atoms with E-state index in [0.717, 1.165) is 31.4 Å². The van der Waals surface area contributed by atoms with Crippen molar-refractivity contribution in [1.82, 2.24) is 4.98 Å². The quantitative estimate of drug-likeness (QED) is 0.790. The lowest BCUT2D eigenvalue weighted by Crippen LogP contribution is -2.46. The molecule has 2 heterocycles. The summed E-state index contributed by atoms with van der Waals surface area (Å²) in [6.45, 7) is 4.79. The van der Waals surface area contributed by atoms with Crippen LogP contribution in [0, 0.1) is 18.3 Å². The number of anilines is 1. The van der Waals surface area contributed by atoms with Gasteiger partial charge in [0.1, 0.15) is 17.9 Å². The molecule has 0 amide bonds. The van der Waals surface area contributed by atoms with Gasteiger partial charge in [-0.25, -0.2) is 9.78 Å². The van der Waals surface area contributed by atoms with Crippen LogP contribution in [-0.4, -0.2) is 30.1 Å². The number of ether oxygens (including phenoxy) is 1. The van der Waals surface area contributed by atoms with E-state index in [2.05, 4.69) is 11.1 Å². The van der Waals surface area contributed by atoms with Crippen LogP contribution in [0.4, 0.5) is 5.82 Å². The second-order valence-electron chi connectivity index (χ2n) is 4.90. The molecule has 0 saturated carbocycles. The van der Waals surface area contributed by atoms with Crippen molar-refractivity contribution < 1.29 is 9.53 Å². The molecule has 0 N–H and O–H groups in total. The Morgan fingerprint density at radius 1 is 1.60 bits per heavy atom. The molecule has 1 unspecified atom stereocenters. The largest absolute Gasteiger partial charge is 0.464 e. The number of carbonyl (C=O) groups excluding carboxylic acids is 1. The summed E-state index contributed by atoms with van der Waals surface area (Å²) >= 11 is 0. The third-order valence-corrected chi connectivity index (χ3v) is 3.58. The van der Waals surface area contributed by atoms with Gasteiger partial charge in [0.2, 0.25) is 0 Å². The van der Waals surface area contributed by atoms with Crippen LogP contribution in [-0.2, 0) is 9.53 Å². The summed E-state index contributed by atoms with van der Waals surface area (Å²) in [7, 11) is 0. The van der Waals surface area contributed by atoms with Gasteiger partial charge in [0.15, 0.2) is 0 Å². The first kappa shape index (κ1) is 14.3. The lowest BCUT2D eigenvalue weighted by Gasteiger charge is -2.35. The molecule has 0 aliphatic carbocycles. The Kier molecular flexibility index (Phi) is 4.57. The topological polar surface area (TPSA) is 66.2 Å². The third-order valence-electron chi connectivity index (χ3n) is 3.58. The fourth-order valence-corrected chi connectivity index (χ4v) is 2.57. The third kappa shape index (κ3) is 2.74. The SMILES string of the molecule is CCOC(=O)C1CCCCN1c1nccc(C)c1C#N. The van der Waals surface area contributed by atoms with Crippen LogP contribution in [0.25, 0.3) is 0 Å². The summed E-state index contributed by atoms with van der Waals surface area (Å²) in [5.41, 5.74) is 1.43. The first-order valence-corrected chi connectivity index (χ1v) is 6.98. The van der Waals surface area contributed by atoms with Gasteiger partial charge in [-0.3, -0.25) is 0 Å². The Hall–Kier alpha value is -2.09. The maximum Gasteiger partial charge on any atom is 0.328 e. The van der Waals surface area contributed by atoms with E-state index in [1.54, 1.807) is 13.1 Å². The van der Waals surface area contributed by atoms with Crippen LogP contribution < -0.4 is 4.90 Å². The number of pyridine rings is 1. The minimum atomic E-state index is -0.329. The zero-order valence-electron chi connectivity index (χ0n) is 11.9. The molecule has 1 aromatic heterocycles. The monoisotopic (exact) mass is 273 g/mol. The fourth-order valence-electron chi connectivity index (χ4n) is 2.57. The van der Waals surface area contributed by atoms with Crippen LogP contribution >= 0.6 is 0 Å². The molecule has 0 radical (unpaired) electrons.